The topological polar surface area (TPSA) is 115 Å². The summed E-state index contributed by atoms with van der Waals surface area (Å²) in [7, 11) is 0.734. The van der Waals surface area contributed by atoms with Gasteiger partial charge in [0.15, 0.2) is 25.4 Å². The van der Waals surface area contributed by atoms with Crippen LogP contribution in [0.4, 0.5) is 10.1 Å². The Morgan fingerprint density at radius 2 is 1.54 bits per heavy atom. The molecule has 12 heteroatoms. The Kier molecular flexibility index (Phi) is 11.4. The molecule has 310 valence electrons. The highest BCUT2D eigenvalue weighted by Gasteiger charge is 2.69. The molecule has 0 amide bonds. The number of aromatic nitrogens is 1. The van der Waals surface area contributed by atoms with Crippen molar-refractivity contribution >= 4 is 31.3 Å². The van der Waals surface area contributed by atoms with Crippen LogP contribution in [-0.4, -0.2) is 67.8 Å². The molecular weight excluding hydrogens is 766 g/mol. The van der Waals surface area contributed by atoms with Gasteiger partial charge in [0, 0.05) is 36.2 Å². The Balaban J connectivity index is 1.45. The number of Topliss-reactive ketones (excluding diaryl/α,β-unsaturated/α-hetero) is 2. The second-order valence-electron chi connectivity index (χ2n) is 17.5. The summed E-state index contributed by atoms with van der Waals surface area (Å²) in [4.78, 5) is 35.3. The van der Waals surface area contributed by atoms with Gasteiger partial charge in [-0.1, -0.05) is 93.6 Å². The minimum atomic E-state index is -2.98. The van der Waals surface area contributed by atoms with Crippen molar-refractivity contribution in [2.45, 2.75) is 76.6 Å². The Morgan fingerprint density at radius 1 is 0.949 bits per heavy atom. The summed E-state index contributed by atoms with van der Waals surface area (Å²) in [6, 6.07) is 19.7. The molecule has 7 rings (SSSR count). The van der Waals surface area contributed by atoms with Crippen molar-refractivity contribution in [3.63, 3.8) is 0 Å². The molecule has 1 N–H and O–H groups in total. The molecule has 1 saturated carbocycles. The van der Waals surface area contributed by atoms with Crippen LogP contribution in [-0.2, 0) is 28.9 Å². The van der Waals surface area contributed by atoms with Crippen molar-refractivity contribution in [1.29, 1.82) is 0 Å². The summed E-state index contributed by atoms with van der Waals surface area (Å²) in [5.41, 5.74) is 0.348. The monoisotopic (exact) mass is 819 g/mol. The lowest BCUT2D eigenvalue weighted by atomic mass is 9.57. The highest BCUT2D eigenvalue weighted by molar-refractivity contribution is 6.74. The number of aliphatic hydroxyl groups excluding tert-OH is 1. The minimum Gasteiger partial charge on any atom is -0.507 e. The number of ketones is 2. The van der Waals surface area contributed by atoms with E-state index < -0.39 is 60.0 Å². The zero-order valence-electron chi connectivity index (χ0n) is 35.0. The Morgan fingerprint density at radius 3 is 2.10 bits per heavy atom. The van der Waals surface area contributed by atoms with Crippen LogP contribution in [0.15, 0.2) is 102 Å². The van der Waals surface area contributed by atoms with Crippen molar-refractivity contribution in [2.24, 2.45) is 11.8 Å². The first-order valence-electron chi connectivity index (χ1n) is 20.1. The number of nitrogens with zero attached hydrogens (tertiary/aromatic N) is 3. The van der Waals surface area contributed by atoms with Crippen molar-refractivity contribution in [1.82, 2.24) is 10.1 Å². The van der Waals surface area contributed by atoms with E-state index >= 15 is 14.0 Å². The lowest BCUT2D eigenvalue weighted by molar-refractivity contribution is -0.140. The number of ether oxygens (including phenoxy) is 2. The molecule has 1 aromatic heterocycles. The number of hydrogen-bond acceptors (Lipinski definition) is 10. The lowest BCUT2D eigenvalue weighted by Crippen LogP contribution is -2.68. The summed E-state index contributed by atoms with van der Waals surface area (Å²) < 4.78 is 42.7. The van der Waals surface area contributed by atoms with E-state index in [-0.39, 0.29) is 65.7 Å². The number of hydrogen-bond donors (Lipinski definition) is 1. The third-order valence-electron chi connectivity index (χ3n) is 12.5. The highest BCUT2D eigenvalue weighted by atomic mass is 28.4. The number of benzene rings is 3. The van der Waals surface area contributed by atoms with Crippen molar-refractivity contribution in [3.8, 4) is 11.6 Å². The Hall–Kier alpha value is -5.30. The van der Waals surface area contributed by atoms with Gasteiger partial charge in [0.2, 0.25) is 11.6 Å². The van der Waals surface area contributed by atoms with E-state index in [0.29, 0.717) is 18.8 Å². The number of aliphatic hydroxyl groups is 1. The van der Waals surface area contributed by atoms with E-state index in [1.54, 1.807) is 12.2 Å². The largest absolute Gasteiger partial charge is 0.507 e. The van der Waals surface area contributed by atoms with E-state index in [1.807, 2.05) is 118 Å². The van der Waals surface area contributed by atoms with Crippen LogP contribution in [0.5, 0.6) is 11.6 Å². The average Bonchev–Trinajstić information content (AvgIpc) is 3.61. The fraction of sp³-hybridized carbons (Fsp3) is 0.383. The van der Waals surface area contributed by atoms with Crippen molar-refractivity contribution < 1.29 is 37.5 Å². The summed E-state index contributed by atoms with van der Waals surface area (Å²) in [6.07, 6.45) is 3.66. The van der Waals surface area contributed by atoms with Crippen LogP contribution in [0.25, 0.3) is 5.76 Å². The molecule has 3 unspecified atom stereocenters. The number of carbonyl (C=O) groups excluding carboxylic acids is 2. The van der Waals surface area contributed by atoms with E-state index in [0.717, 1.165) is 11.1 Å². The zero-order chi connectivity index (χ0) is 42.4. The van der Waals surface area contributed by atoms with Gasteiger partial charge in [0.1, 0.15) is 30.4 Å². The minimum absolute atomic E-state index is 0.0186. The molecule has 3 aliphatic rings. The number of carbonyl (C=O) groups is 2. The van der Waals surface area contributed by atoms with Crippen LogP contribution >= 0.6 is 0 Å². The molecule has 0 radical (unpaired) electrons. The lowest BCUT2D eigenvalue weighted by Gasteiger charge is -2.55. The summed E-state index contributed by atoms with van der Waals surface area (Å²) in [6.45, 7) is 18.8. The predicted octanol–water partition coefficient (Wildman–Crippen LogP) is 9.44. The molecule has 3 aromatic carbocycles. The third kappa shape index (κ3) is 7.25. The third-order valence-corrected chi connectivity index (χ3v) is 16.9. The van der Waals surface area contributed by atoms with Gasteiger partial charge in [0.25, 0.3) is 5.88 Å². The summed E-state index contributed by atoms with van der Waals surface area (Å²) >= 11 is 0. The molecule has 0 spiro atoms. The van der Waals surface area contributed by atoms with E-state index in [2.05, 4.69) is 18.3 Å². The standard InChI is InChI=1S/C47H54FN3O7Si/c1-10-22-51(23-11-2)35-26-34(48)32-24-31-25-33-39(50(6)7)42-38(45(49-57-42)56-28-30-20-16-13-17-21-30)44(54)47(33,58-59(8,9)46(3,4)5)43(53)36(31)40(52)37(32)41(35)55-27-29-18-14-12-15-19-29/h10-21,26,31,33,39,52H,1-2,22-25,27-28H2,3-9H3/t31?,33?,39-,47?/m0/s1. The normalized spacial score (nSPS) is 21.3. The van der Waals surface area contributed by atoms with E-state index in [9.17, 15) is 5.11 Å². The fourth-order valence-electron chi connectivity index (χ4n) is 8.64. The number of rotatable bonds is 14. The molecule has 0 aliphatic heterocycles. The summed E-state index contributed by atoms with van der Waals surface area (Å²) in [5, 5.41) is 16.5. The molecule has 0 bridgehead atoms. The molecule has 0 saturated heterocycles. The van der Waals surface area contributed by atoms with Gasteiger partial charge < -0.3 is 28.4 Å². The van der Waals surface area contributed by atoms with Gasteiger partial charge >= 0.3 is 0 Å². The smallest absolute Gasteiger partial charge is 0.265 e. The predicted molar refractivity (Wildman–Crippen MR) is 229 cm³/mol. The zero-order valence-corrected chi connectivity index (χ0v) is 36.0. The maximum atomic E-state index is 16.7. The number of fused-ring (bicyclic) bond motifs is 4. The molecule has 3 aliphatic carbocycles. The first-order chi connectivity index (χ1) is 28.0. The quantitative estimate of drug-likeness (QED) is 0.0750. The first kappa shape index (κ1) is 41.8. The first-order valence-corrected chi connectivity index (χ1v) is 23.0. The van der Waals surface area contributed by atoms with Crippen LogP contribution in [0.3, 0.4) is 0 Å². The van der Waals surface area contributed by atoms with Gasteiger partial charge in [-0.15, -0.1) is 13.2 Å². The van der Waals surface area contributed by atoms with Gasteiger partial charge in [-0.05, 0) is 67.3 Å². The van der Waals surface area contributed by atoms with Crippen molar-refractivity contribution in [3.05, 3.63) is 137 Å². The van der Waals surface area contributed by atoms with Crippen LogP contribution in [0, 0.1) is 17.7 Å². The molecule has 59 heavy (non-hydrogen) atoms. The average molecular weight is 820 g/mol. The maximum absolute atomic E-state index is 16.7. The van der Waals surface area contributed by atoms with Gasteiger partial charge in [-0.25, -0.2) is 4.39 Å². The molecule has 10 nitrogen and oxygen atoms in total. The Bertz CT molecular complexity index is 2290. The summed E-state index contributed by atoms with van der Waals surface area (Å²) in [5.74, 6) is -3.24. The second kappa shape index (κ2) is 16.0. The Labute approximate surface area is 347 Å². The van der Waals surface area contributed by atoms with Gasteiger partial charge in [0.05, 0.1) is 17.3 Å². The molecule has 1 fully saturated rings. The molecule has 4 aromatic rings. The number of anilines is 1. The molecular formula is C47H54FN3O7Si. The van der Waals surface area contributed by atoms with Gasteiger partial charge in [-0.3, -0.25) is 14.5 Å². The highest BCUT2D eigenvalue weighted by Crippen LogP contribution is 2.59. The second-order valence-corrected chi connectivity index (χ2v) is 22.2. The van der Waals surface area contributed by atoms with Crippen LogP contribution in [0.2, 0.25) is 18.1 Å². The molecule has 4 atom stereocenters. The van der Waals surface area contributed by atoms with E-state index in [4.69, 9.17) is 18.4 Å². The van der Waals surface area contributed by atoms with Gasteiger partial charge in [-0.2, -0.15) is 0 Å². The van der Waals surface area contributed by atoms with Crippen LogP contribution in [0.1, 0.15) is 71.6 Å². The number of halogens is 1. The molecule has 1 heterocycles. The maximum Gasteiger partial charge on any atom is 0.265 e. The SMILES string of the molecule is C=CCN(CC=C)c1cc(F)c2c(c1OCc1ccccc1)C(O)=C1C(=O)C3(O[Si](C)(C)C(C)(C)C)C(=O)c4c(OCc5ccccc5)noc4[C@@H](N(C)C)C3CC1C2. The van der Waals surface area contributed by atoms with Crippen LogP contribution < -0.4 is 14.4 Å². The van der Waals surface area contributed by atoms with Crippen molar-refractivity contribution in [2.75, 3.05) is 32.1 Å². The van der Waals surface area contributed by atoms with E-state index in [1.165, 1.54) is 6.07 Å². The fourth-order valence-corrected chi connectivity index (χ4v) is 10.1.